The summed E-state index contributed by atoms with van der Waals surface area (Å²) < 4.78 is 73.2. The van der Waals surface area contributed by atoms with E-state index in [-0.39, 0.29) is 39.7 Å². The molecule has 0 aliphatic carbocycles. The number of aromatic nitrogens is 2. The smallest absolute Gasteiger partial charge is 0.280 e. The Kier molecular flexibility index (Phi) is 6.47. The highest BCUT2D eigenvalue weighted by molar-refractivity contribution is 7.90. The van der Waals surface area contributed by atoms with Crippen molar-refractivity contribution in [2.45, 2.75) is 17.9 Å². The summed E-state index contributed by atoms with van der Waals surface area (Å²) in [6.07, 6.45) is -1.82. The Morgan fingerprint density at radius 1 is 0.971 bits per heavy atom. The Hall–Kier alpha value is -3.59. The van der Waals surface area contributed by atoms with Gasteiger partial charge in [-0.3, -0.25) is 4.68 Å². The van der Waals surface area contributed by atoms with Gasteiger partial charge in [-0.15, -0.1) is 0 Å². The highest BCUT2D eigenvalue weighted by Gasteiger charge is 2.27. The number of alkyl halides is 2. The van der Waals surface area contributed by atoms with Crippen LogP contribution in [-0.4, -0.2) is 31.6 Å². The van der Waals surface area contributed by atoms with E-state index in [1.54, 1.807) is 24.3 Å². The van der Waals surface area contributed by atoms with Crippen molar-refractivity contribution < 1.29 is 26.3 Å². The monoisotopic (exact) mass is 486 g/mol. The van der Waals surface area contributed by atoms with Crippen molar-refractivity contribution in [1.29, 1.82) is 0 Å². The maximum Gasteiger partial charge on any atom is 0.280 e. The first-order chi connectivity index (χ1) is 16.2. The van der Waals surface area contributed by atoms with Gasteiger partial charge in [0.1, 0.15) is 11.4 Å². The fourth-order valence-corrected chi connectivity index (χ4v) is 4.37. The summed E-state index contributed by atoms with van der Waals surface area (Å²) in [5.41, 5.74) is 1.28. The van der Waals surface area contributed by atoms with Crippen LogP contribution in [-0.2, 0) is 16.4 Å². The summed E-state index contributed by atoms with van der Waals surface area (Å²) in [5.74, 6) is -0.715. The van der Waals surface area contributed by atoms with Crippen molar-refractivity contribution >= 4 is 9.84 Å². The number of ether oxygens (including phenoxy) is 1. The van der Waals surface area contributed by atoms with Crippen LogP contribution in [0.5, 0.6) is 5.75 Å². The second kappa shape index (κ2) is 9.34. The molecule has 1 heterocycles. The summed E-state index contributed by atoms with van der Waals surface area (Å²) in [6, 6.07) is 18.8. The first-order valence-corrected chi connectivity index (χ1v) is 12.2. The summed E-state index contributed by atoms with van der Waals surface area (Å²) in [5, 5.41) is 4.47. The molecule has 0 aliphatic heterocycles. The third kappa shape index (κ3) is 4.70. The van der Waals surface area contributed by atoms with Crippen molar-refractivity contribution in [2.24, 2.45) is 0 Å². The maximum atomic E-state index is 14.5. The van der Waals surface area contributed by atoms with Crippen molar-refractivity contribution in [3.8, 4) is 28.1 Å². The molecule has 0 N–H and O–H groups in total. The molecule has 0 aliphatic rings. The molecule has 0 spiro atoms. The molecule has 0 amide bonds. The van der Waals surface area contributed by atoms with Gasteiger partial charge in [-0.1, -0.05) is 48.5 Å². The molecule has 0 unspecified atom stereocenters. The number of nitrogens with zero attached hydrogens (tertiary/aromatic N) is 2. The van der Waals surface area contributed by atoms with Crippen LogP contribution < -0.4 is 4.74 Å². The minimum atomic E-state index is -3.44. The predicted octanol–water partition coefficient (Wildman–Crippen LogP) is 5.75. The predicted molar refractivity (Wildman–Crippen MR) is 123 cm³/mol. The average Bonchev–Trinajstić information content (AvgIpc) is 3.18. The van der Waals surface area contributed by atoms with Crippen molar-refractivity contribution in [3.05, 3.63) is 89.9 Å². The van der Waals surface area contributed by atoms with E-state index in [1.807, 2.05) is 6.07 Å². The molecule has 0 fully saturated rings. The first kappa shape index (κ1) is 23.6. The Morgan fingerprint density at radius 3 is 2.18 bits per heavy atom. The van der Waals surface area contributed by atoms with Crippen LogP contribution in [0.2, 0.25) is 0 Å². The van der Waals surface area contributed by atoms with Crippen LogP contribution >= 0.6 is 0 Å². The molecule has 0 saturated heterocycles. The average molecular weight is 487 g/mol. The van der Waals surface area contributed by atoms with Gasteiger partial charge in [0, 0.05) is 17.4 Å². The topological polar surface area (TPSA) is 61.2 Å². The van der Waals surface area contributed by atoms with E-state index >= 15 is 0 Å². The summed E-state index contributed by atoms with van der Waals surface area (Å²) >= 11 is 0. The van der Waals surface area contributed by atoms with Crippen LogP contribution in [0.25, 0.3) is 22.4 Å². The minimum Gasteiger partial charge on any atom is -0.494 e. The molecule has 4 rings (SSSR count). The molecule has 9 heteroatoms. The largest absolute Gasteiger partial charge is 0.494 e. The molecular weight excluding hydrogens is 465 g/mol. The lowest BCUT2D eigenvalue weighted by Gasteiger charge is -2.11. The van der Waals surface area contributed by atoms with Crippen LogP contribution in [0.1, 0.15) is 17.7 Å². The fourth-order valence-electron chi connectivity index (χ4n) is 3.74. The standard InChI is InChI=1S/C25H21F3N2O3S/c1-33-21-13-10-18(14-20(21)26)22-23(17-8-11-19(12-9-17)34(2,31)32)29-30(24(22)25(27)28)15-16-6-4-3-5-7-16/h3-14,25H,15H2,1-2H3. The SMILES string of the molecule is COc1ccc(-c2c(-c3ccc(S(C)(=O)=O)cc3)nn(Cc3ccccc3)c2C(F)F)cc1F. The Morgan fingerprint density at radius 2 is 1.62 bits per heavy atom. The van der Waals surface area contributed by atoms with Crippen LogP contribution in [0, 0.1) is 5.82 Å². The number of hydrogen-bond acceptors (Lipinski definition) is 4. The van der Waals surface area contributed by atoms with Gasteiger partial charge in [0.15, 0.2) is 21.4 Å². The first-order valence-electron chi connectivity index (χ1n) is 10.3. The van der Waals surface area contributed by atoms with Gasteiger partial charge in [0.25, 0.3) is 6.43 Å². The Bertz CT molecular complexity index is 1420. The molecule has 5 nitrogen and oxygen atoms in total. The number of sulfone groups is 1. The highest BCUT2D eigenvalue weighted by Crippen LogP contribution is 2.40. The third-order valence-electron chi connectivity index (χ3n) is 5.37. The van der Waals surface area contributed by atoms with Gasteiger partial charge in [0.2, 0.25) is 0 Å². The Balaban J connectivity index is 1.95. The van der Waals surface area contributed by atoms with Gasteiger partial charge in [-0.25, -0.2) is 21.6 Å². The lowest BCUT2D eigenvalue weighted by molar-refractivity contribution is 0.140. The van der Waals surface area contributed by atoms with Gasteiger partial charge >= 0.3 is 0 Å². The molecule has 3 aromatic carbocycles. The zero-order valence-corrected chi connectivity index (χ0v) is 19.2. The molecule has 176 valence electrons. The van der Waals surface area contributed by atoms with E-state index in [0.717, 1.165) is 17.9 Å². The second-order valence-electron chi connectivity index (χ2n) is 7.70. The zero-order valence-electron chi connectivity index (χ0n) is 18.4. The number of halogens is 3. The normalized spacial score (nSPS) is 11.7. The molecule has 0 saturated carbocycles. The molecule has 0 atom stereocenters. The van der Waals surface area contributed by atoms with E-state index in [4.69, 9.17) is 4.74 Å². The Labute approximate surface area is 195 Å². The second-order valence-corrected chi connectivity index (χ2v) is 9.71. The van der Waals surface area contributed by atoms with E-state index in [1.165, 1.54) is 48.2 Å². The number of rotatable bonds is 7. The van der Waals surface area contributed by atoms with Crippen LogP contribution in [0.4, 0.5) is 13.2 Å². The quantitative estimate of drug-likeness (QED) is 0.334. The van der Waals surface area contributed by atoms with Crippen molar-refractivity contribution in [1.82, 2.24) is 9.78 Å². The van der Waals surface area contributed by atoms with Crippen molar-refractivity contribution in [3.63, 3.8) is 0 Å². The van der Waals surface area contributed by atoms with E-state index in [9.17, 15) is 21.6 Å². The van der Waals surface area contributed by atoms with E-state index in [0.29, 0.717) is 5.56 Å². The van der Waals surface area contributed by atoms with Crippen LogP contribution in [0.3, 0.4) is 0 Å². The van der Waals surface area contributed by atoms with Gasteiger partial charge in [-0.2, -0.15) is 5.10 Å². The number of benzene rings is 3. The lowest BCUT2D eigenvalue weighted by Crippen LogP contribution is -2.07. The molecule has 1 aromatic heterocycles. The summed E-state index contributed by atoms with van der Waals surface area (Å²) in [4.78, 5) is 0.0890. The zero-order chi connectivity index (χ0) is 24.5. The fraction of sp³-hybridized carbons (Fsp3) is 0.160. The summed E-state index contributed by atoms with van der Waals surface area (Å²) in [6.45, 7) is 0.0770. The van der Waals surface area contributed by atoms with Gasteiger partial charge in [0.05, 0.1) is 18.6 Å². The number of hydrogen-bond donors (Lipinski definition) is 0. The van der Waals surface area contributed by atoms with E-state index < -0.39 is 22.1 Å². The maximum absolute atomic E-state index is 14.5. The highest BCUT2D eigenvalue weighted by atomic mass is 32.2. The van der Waals surface area contributed by atoms with Crippen LogP contribution in [0.15, 0.2) is 77.7 Å². The molecule has 34 heavy (non-hydrogen) atoms. The third-order valence-corrected chi connectivity index (χ3v) is 6.50. The molecule has 0 radical (unpaired) electrons. The van der Waals surface area contributed by atoms with Gasteiger partial charge in [-0.05, 0) is 35.4 Å². The lowest BCUT2D eigenvalue weighted by atomic mass is 9.98. The molecule has 4 aromatic rings. The molecule has 0 bridgehead atoms. The van der Waals surface area contributed by atoms with E-state index in [2.05, 4.69) is 5.10 Å². The molecular formula is C25H21F3N2O3S. The summed E-state index contributed by atoms with van der Waals surface area (Å²) in [7, 11) is -2.13. The van der Waals surface area contributed by atoms with Crippen molar-refractivity contribution in [2.75, 3.05) is 13.4 Å². The van der Waals surface area contributed by atoms with Gasteiger partial charge < -0.3 is 4.74 Å². The number of methoxy groups -OCH3 is 1. The minimum absolute atomic E-state index is 0.0157.